The number of hydrogen-bond donors (Lipinski definition) is 1. The summed E-state index contributed by atoms with van der Waals surface area (Å²) in [5.74, 6) is 1.16. The Morgan fingerprint density at radius 1 is 1.37 bits per heavy atom. The van der Waals surface area contributed by atoms with Crippen molar-refractivity contribution in [1.82, 2.24) is 9.80 Å². The molecule has 1 rings (SSSR count). The third kappa shape index (κ3) is 4.69. The lowest BCUT2D eigenvalue weighted by Gasteiger charge is -2.33. The molecule has 5 nitrogen and oxygen atoms in total. The van der Waals surface area contributed by atoms with Crippen LogP contribution >= 0.6 is 11.8 Å². The molecule has 6 heteroatoms. The molecule has 110 valence electrons. The van der Waals surface area contributed by atoms with Crippen LogP contribution < -0.4 is 5.73 Å². The van der Waals surface area contributed by atoms with Crippen molar-refractivity contribution in [3.05, 3.63) is 0 Å². The van der Waals surface area contributed by atoms with Gasteiger partial charge in [0, 0.05) is 33.1 Å². The summed E-state index contributed by atoms with van der Waals surface area (Å²) in [6.07, 6.45) is 4.22. The minimum Gasteiger partial charge on any atom is -0.349 e. The minimum absolute atomic E-state index is 0.0322. The molecule has 0 bridgehead atoms. The largest absolute Gasteiger partial charge is 0.349 e. The van der Waals surface area contributed by atoms with E-state index in [-0.39, 0.29) is 17.7 Å². The zero-order valence-electron chi connectivity index (χ0n) is 12.1. The number of nitrogens with zero attached hydrogens (tertiary/aromatic N) is 2. The summed E-state index contributed by atoms with van der Waals surface area (Å²) in [7, 11) is 3.55. The normalized spacial score (nSPS) is 18.2. The van der Waals surface area contributed by atoms with Crippen molar-refractivity contribution in [2.24, 2.45) is 11.7 Å². The zero-order valence-corrected chi connectivity index (χ0v) is 12.9. The Kier molecular flexibility index (Phi) is 6.65. The standard InChI is InChI=1S/C13H25N3O2S/c1-15(2)12(17)10-4-7-16(8-5-10)13(18)11(14)6-9-19-3/h10-11H,4-9,14H2,1-3H3/t11-/m0/s1. The van der Waals surface area contributed by atoms with Gasteiger partial charge in [-0.2, -0.15) is 11.8 Å². The first kappa shape index (κ1) is 16.3. The first-order chi connectivity index (χ1) is 8.97. The van der Waals surface area contributed by atoms with Crippen molar-refractivity contribution >= 4 is 23.6 Å². The Morgan fingerprint density at radius 2 is 1.95 bits per heavy atom. The average Bonchev–Trinajstić information content (AvgIpc) is 2.43. The second kappa shape index (κ2) is 7.75. The summed E-state index contributed by atoms with van der Waals surface area (Å²) >= 11 is 1.70. The van der Waals surface area contributed by atoms with Crippen molar-refractivity contribution in [3.63, 3.8) is 0 Å². The third-order valence-electron chi connectivity index (χ3n) is 3.55. The monoisotopic (exact) mass is 287 g/mol. The highest BCUT2D eigenvalue weighted by atomic mass is 32.2. The fourth-order valence-corrected chi connectivity index (χ4v) is 2.80. The Morgan fingerprint density at radius 3 is 2.42 bits per heavy atom. The number of likely N-dealkylation sites (tertiary alicyclic amines) is 1. The minimum atomic E-state index is -0.395. The van der Waals surface area contributed by atoms with E-state index in [1.165, 1.54) is 0 Å². The van der Waals surface area contributed by atoms with Crippen molar-refractivity contribution in [2.45, 2.75) is 25.3 Å². The zero-order chi connectivity index (χ0) is 14.4. The van der Waals surface area contributed by atoms with E-state index in [0.717, 1.165) is 25.0 Å². The van der Waals surface area contributed by atoms with Crippen LogP contribution in [0.1, 0.15) is 19.3 Å². The van der Waals surface area contributed by atoms with Gasteiger partial charge in [-0.3, -0.25) is 9.59 Å². The van der Waals surface area contributed by atoms with Gasteiger partial charge in [-0.05, 0) is 31.3 Å². The van der Waals surface area contributed by atoms with Crippen LogP contribution in [0.2, 0.25) is 0 Å². The molecule has 2 N–H and O–H groups in total. The van der Waals surface area contributed by atoms with Crippen molar-refractivity contribution < 1.29 is 9.59 Å². The first-order valence-corrected chi connectivity index (χ1v) is 8.11. The number of rotatable bonds is 5. The molecular formula is C13H25N3O2S. The van der Waals surface area contributed by atoms with E-state index in [0.29, 0.717) is 13.1 Å². The van der Waals surface area contributed by atoms with Gasteiger partial charge >= 0.3 is 0 Å². The average molecular weight is 287 g/mol. The van der Waals surface area contributed by atoms with Gasteiger partial charge in [0.05, 0.1) is 6.04 Å². The number of carbonyl (C=O) groups is 2. The molecule has 0 aromatic heterocycles. The van der Waals surface area contributed by atoms with E-state index in [9.17, 15) is 9.59 Å². The number of carbonyl (C=O) groups excluding carboxylic acids is 2. The SMILES string of the molecule is CSCC[C@H](N)C(=O)N1CCC(C(=O)N(C)C)CC1. The third-order valence-corrected chi connectivity index (χ3v) is 4.19. The lowest BCUT2D eigenvalue weighted by atomic mass is 9.95. The Hall–Kier alpha value is -0.750. The van der Waals surface area contributed by atoms with Gasteiger partial charge in [0.1, 0.15) is 0 Å². The fourth-order valence-electron chi connectivity index (χ4n) is 2.31. The second-order valence-electron chi connectivity index (χ2n) is 5.22. The van der Waals surface area contributed by atoms with Crippen LogP contribution in [0.4, 0.5) is 0 Å². The molecule has 1 fully saturated rings. The molecule has 1 aliphatic heterocycles. The van der Waals surface area contributed by atoms with Crippen LogP contribution in [0, 0.1) is 5.92 Å². The van der Waals surface area contributed by atoms with E-state index < -0.39 is 6.04 Å². The van der Waals surface area contributed by atoms with E-state index >= 15 is 0 Å². The maximum atomic E-state index is 12.1. The number of hydrogen-bond acceptors (Lipinski definition) is 4. The summed E-state index contributed by atoms with van der Waals surface area (Å²) in [4.78, 5) is 27.4. The van der Waals surface area contributed by atoms with E-state index in [4.69, 9.17) is 5.73 Å². The highest BCUT2D eigenvalue weighted by Gasteiger charge is 2.29. The maximum absolute atomic E-state index is 12.1. The number of thioether (sulfide) groups is 1. The summed E-state index contributed by atoms with van der Waals surface area (Å²) in [6, 6.07) is -0.395. The molecule has 0 unspecified atom stereocenters. The smallest absolute Gasteiger partial charge is 0.239 e. The summed E-state index contributed by atoms with van der Waals surface area (Å²) in [5, 5.41) is 0. The molecule has 0 radical (unpaired) electrons. The van der Waals surface area contributed by atoms with Crippen LogP contribution in [0.15, 0.2) is 0 Å². The summed E-state index contributed by atoms with van der Waals surface area (Å²) < 4.78 is 0. The molecule has 0 aromatic rings. The molecule has 0 aromatic carbocycles. The molecule has 2 amide bonds. The summed E-state index contributed by atoms with van der Waals surface area (Å²) in [6.45, 7) is 1.30. The second-order valence-corrected chi connectivity index (χ2v) is 6.21. The van der Waals surface area contributed by atoms with Gasteiger partial charge in [-0.25, -0.2) is 0 Å². The molecule has 1 saturated heterocycles. The quantitative estimate of drug-likeness (QED) is 0.794. The van der Waals surface area contributed by atoms with Crippen molar-refractivity contribution in [3.8, 4) is 0 Å². The molecule has 0 saturated carbocycles. The molecule has 1 atom stereocenters. The Bertz CT molecular complexity index is 315. The molecule has 1 heterocycles. The lowest BCUT2D eigenvalue weighted by Crippen LogP contribution is -2.49. The topological polar surface area (TPSA) is 66.6 Å². The van der Waals surface area contributed by atoms with Crippen LogP contribution in [0.25, 0.3) is 0 Å². The Balaban J connectivity index is 2.41. The Labute approximate surface area is 119 Å². The van der Waals surface area contributed by atoms with Crippen molar-refractivity contribution in [1.29, 1.82) is 0 Å². The fraction of sp³-hybridized carbons (Fsp3) is 0.846. The number of piperidine rings is 1. The lowest BCUT2D eigenvalue weighted by molar-refractivity contribution is -0.139. The predicted octanol–water partition coefficient (Wildman–Crippen LogP) is 0.394. The van der Waals surface area contributed by atoms with Gasteiger partial charge in [0.15, 0.2) is 0 Å². The molecule has 0 spiro atoms. The van der Waals surface area contributed by atoms with Gasteiger partial charge in [0.25, 0.3) is 0 Å². The van der Waals surface area contributed by atoms with E-state index in [1.54, 1.807) is 30.8 Å². The van der Waals surface area contributed by atoms with E-state index in [1.807, 2.05) is 11.2 Å². The van der Waals surface area contributed by atoms with Gasteiger partial charge in [-0.15, -0.1) is 0 Å². The molecule has 0 aliphatic carbocycles. The highest BCUT2D eigenvalue weighted by molar-refractivity contribution is 7.98. The van der Waals surface area contributed by atoms with Gasteiger partial charge in [0.2, 0.25) is 11.8 Å². The van der Waals surface area contributed by atoms with Crippen LogP contribution in [0.3, 0.4) is 0 Å². The van der Waals surface area contributed by atoms with Gasteiger partial charge in [-0.1, -0.05) is 0 Å². The van der Waals surface area contributed by atoms with Crippen LogP contribution in [0.5, 0.6) is 0 Å². The summed E-state index contributed by atoms with van der Waals surface area (Å²) in [5.41, 5.74) is 5.90. The maximum Gasteiger partial charge on any atom is 0.239 e. The predicted molar refractivity (Wildman–Crippen MR) is 79.0 cm³/mol. The van der Waals surface area contributed by atoms with Crippen LogP contribution in [-0.4, -0.2) is 66.8 Å². The highest BCUT2D eigenvalue weighted by Crippen LogP contribution is 2.19. The number of nitrogens with two attached hydrogens (primary N) is 1. The van der Waals surface area contributed by atoms with Crippen molar-refractivity contribution in [2.75, 3.05) is 39.2 Å². The molecule has 19 heavy (non-hydrogen) atoms. The van der Waals surface area contributed by atoms with Gasteiger partial charge < -0.3 is 15.5 Å². The van der Waals surface area contributed by atoms with E-state index in [2.05, 4.69) is 0 Å². The number of amides is 2. The van der Waals surface area contributed by atoms with Crippen LogP contribution in [-0.2, 0) is 9.59 Å². The molecule has 1 aliphatic rings. The molecular weight excluding hydrogens is 262 g/mol. The first-order valence-electron chi connectivity index (χ1n) is 6.71.